The van der Waals surface area contributed by atoms with Gasteiger partial charge in [-0.25, -0.2) is 14.2 Å². The van der Waals surface area contributed by atoms with Gasteiger partial charge in [0.2, 0.25) is 5.91 Å². The summed E-state index contributed by atoms with van der Waals surface area (Å²) in [5.41, 5.74) is 6.82. The van der Waals surface area contributed by atoms with E-state index in [-0.39, 0.29) is 11.9 Å². The number of hydrogen-bond donors (Lipinski definition) is 2. The lowest BCUT2D eigenvalue weighted by molar-refractivity contribution is -0.115. The van der Waals surface area contributed by atoms with E-state index in [1.807, 2.05) is 59.6 Å². The molecule has 190 valence electrons. The fraction of sp³-hybridized carbons (Fsp3) is 0.250. The molecule has 37 heavy (non-hydrogen) atoms. The number of rotatable bonds is 5. The van der Waals surface area contributed by atoms with Gasteiger partial charge in [0.1, 0.15) is 11.7 Å². The maximum atomic E-state index is 13.8. The Morgan fingerprint density at radius 2 is 1.73 bits per heavy atom. The quantitative estimate of drug-likeness (QED) is 0.520. The van der Waals surface area contributed by atoms with E-state index >= 15 is 0 Å². The highest BCUT2D eigenvalue weighted by Gasteiger charge is 2.35. The summed E-state index contributed by atoms with van der Waals surface area (Å²) < 4.78 is 13.8. The number of nitrogens with zero attached hydrogens (tertiary/aromatic N) is 4. The van der Waals surface area contributed by atoms with Crippen molar-refractivity contribution in [1.82, 2.24) is 15.3 Å². The molecule has 8 nitrogen and oxygen atoms in total. The van der Waals surface area contributed by atoms with Crippen LogP contribution in [0.4, 0.5) is 26.2 Å². The molecule has 1 atom stereocenters. The average Bonchev–Trinajstić information content (AvgIpc) is 3.23. The van der Waals surface area contributed by atoms with Gasteiger partial charge in [0.15, 0.2) is 0 Å². The number of halogens is 1. The molecule has 0 aliphatic carbocycles. The summed E-state index contributed by atoms with van der Waals surface area (Å²) in [6, 6.07) is 20.9. The number of carbonyl (C=O) groups excluding carboxylic acids is 2. The fourth-order valence-corrected chi connectivity index (χ4v) is 4.55. The van der Waals surface area contributed by atoms with E-state index in [9.17, 15) is 14.0 Å². The molecule has 0 radical (unpaired) electrons. The third-order valence-electron chi connectivity index (χ3n) is 6.74. The molecule has 3 amide bonds. The molecule has 0 spiro atoms. The van der Waals surface area contributed by atoms with Gasteiger partial charge in [0.05, 0.1) is 11.4 Å². The van der Waals surface area contributed by atoms with Crippen molar-refractivity contribution in [3.8, 4) is 0 Å². The van der Waals surface area contributed by atoms with Gasteiger partial charge in [0.25, 0.3) is 0 Å². The van der Waals surface area contributed by atoms with Crippen LogP contribution in [0.1, 0.15) is 17.0 Å². The number of nitrogens with one attached hydrogen (secondary N) is 2. The Kier molecular flexibility index (Phi) is 6.98. The molecular formula is C28H29FN6O2. The van der Waals surface area contributed by atoms with E-state index in [2.05, 4.69) is 22.7 Å². The number of benzene rings is 3. The van der Waals surface area contributed by atoms with E-state index in [1.54, 1.807) is 18.0 Å². The molecule has 2 N–H and O–H groups in total. The summed E-state index contributed by atoms with van der Waals surface area (Å²) in [5.74, 6) is -1.33. The molecule has 3 aromatic rings. The number of piperazine rings is 1. The zero-order valence-electron chi connectivity index (χ0n) is 20.8. The zero-order valence-corrected chi connectivity index (χ0v) is 20.8. The molecule has 9 heteroatoms. The monoisotopic (exact) mass is 500 g/mol. The maximum absolute atomic E-state index is 13.8. The lowest BCUT2D eigenvalue weighted by Gasteiger charge is -2.33. The van der Waals surface area contributed by atoms with Gasteiger partial charge < -0.3 is 10.2 Å². The molecule has 2 aliphatic heterocycles. The van der Waals surface area contributed by atoms with Crippen molar-refractivity contribution >= 4 is 34.7 Å². The van der Waals surface area contributed by atoms with Crippen molar-refractivity contribution < 1.29 is 14.0 Å². The van der Waals surface area contributed by atoms with Gasteiger partial charge in [-0.15, -0.1) is 0 Å². The predicted octanol–water partition coefficient (Wildman–Crippen LogP) is 3.99. The molecule has 1 unspecified atom stereocenters. The Bertz CT molecular complexity index is 1320. The summed E-state index contributed by atoms with van der Waals surface area (Å²) >= 11 is 0. The largest absolute Gasteiger partial charge is 0.336 e. The standard InChI is InChI=1S/C28H29FN6O2/c1-33-14-16-35(17-15-33)32-28(37)34(2)22-11-9-21(10-12-22)30-26(19-6-4-3-5-7-19)25-23-13-8-20(29)18-24(23)31-27(25)36/h3-13,18,25H,14-17H2,1-2H3,(H,31,36)(H,32,37). The molecular weight excluding hydrogens is 471 g/mol. The third kappa shape index (κ3) is 5.37. The van der Waals surface area contributed by atoms with Crippen LogP contribution >= 0.6 is 0 Å². The number of amides is 3. The number of fused-ring (bicyclic) bond motifs is 1. The van der Waals surface area contributed by atoms with Crippen LogP contribution in [0.3, 0.4) is 0 Å². The molecule has 0 bridgehead atoms. The summed E-state index contributed by atoms with van der Waals surface area (Å²) in [4.78, 5) is 34.4. The van der Waals surface area contributed by atoms with Crippen LogP contribution in [-0.2, 0) is 4.79 Å². The summed E-state index contributed by atoms with van der Waals surface area (Å²) in [7, 11) is 3.79. The number of likely N-dealkylation sites (N-methyl/N-ethyl adjacent to an activating group) is 1. The highest BCUT2D eigenvalue weighted by atomic mass is 19.1. The van der Waals surface area contributed by atoms with E-state index < -0.39 is 11.7 Å². The van der Waals surface area contributed by atoms with Crippen LogP contribution in [0.2, 0.25) is 0 Å². The highest BCUT2D eigenvalue weighted by Crippen LogP contribution is 2.36. The number of hydrazine groups is 1. The SMILES string of the molecule is CN1CCN(NC(=O)N(C)c2ccc(N=C(c3ccccc3)C3C(=O)Nc4cc(F)ccc43)cc2)CC1. The van der Waals surface area contributed by atoms with Crippen molar-refractivity contribution in [2.45, 2.75) is 5.92 Å². The van der Waals surface area contributed by atoms with Crippen LogP contribution in [0.25, 0.3) is 0 Å². The van der Waals surface area contributed by atoms with Crippen molar-refractivity contribution in [2.75, 3.05) is 50.5 Å². The number of hydrogen-bond acceptors (Lipinski definition) is 5. The van der Waals surface area contributed by atoms with Gasteiger partial charge in [-0.3, -0.25) is 20.1 Å². The second-order valence-corrected chi connectivity index (χ2v) is 9.30. The normalized spacial score (nSPS) is 18.3. The van der Waals surface area contributed by atoms with Crippen LogP contribution in [-0.4, -0.2) is 67.8 Å². The van der Waals surface area contributed by atoms with Crippen molar-refractivity contribution in [3.63, 3.8) is 0 Å². The van der Waals surface area contributed by atoms with Gasteiger partial charge in [-0.05, 0) is 54.6 Å². The van der Waals surface area contributed by atoms with E-state index in [4.69, 9.17) is 4.99 Å². The predicted molar refractivity (Wildman–Crippen MR) is 143 cm³/mol. The number of carbonyl (C=O) groups is 2. The van der Waals surface area contributed by atoms with Crippen LogP contribution in [0.15, 0.2) is 77.8 Å². The summed E-state index contributed by atoms with van der Waals surface area (Å²) in [5, 5.41) is 4.71. The Morgan fingerprint density at radius 1 is 1.03 bits per heavy atom. The third-order valence-corrected chi connectivity index (χ3v) is 6.74. The molecule has 0 aromatic heterocycles. The molecule has 3 aromatic carbocycles. The minimum atomic E-state index is -0.672. The lowest BCUT2D eigenvalue weighted by atomic mass is 9.90. The minimum absolute atomic E-state index is 0.211. The Morgan fingerprint density at radius 3 is 2.43 bits per heavy atom. The number of aliphatic imine (C=N–C) groups is 1. The zero-order chi connectivity index (χ0) is 25.9. The molecule has 1 saturated heterocycles. The van der Waals surface area contributed by atoms with Crippen molar-refractivity contribution in [2.24, 2.45) is 4.99 Å². The first-order valence-corrected chi connectivity index (χ1v) is 12.2. The Hall–Kier alpha value is -4.08. The van der Waals surface area contributed by atoms with Crippen LogP contribution in [0.5, 0.6) is 0 Å². The van der Waals surface area contributed by atoms with Gasteiger partial charge in [-0.1, -0.05) is 36.4 Å². The molecule has 2 aliphatic rings. The molecule has 2 heterocycles. The number of anilines is 2. The lowest BCUT2D eigenvalue weighted by Crippen LogP contribution is -2.55. The van der Waals surface area contributed by atoms with Gasteiger partial charge in [-0.2, -0.15) is 0 Å². The first kappa shape index (κ1) is 24.6. The molecule has 5 rings (SSSR count). The van der Waals surface area contributed by atoms with Crippen LogP contribution < -0.4 is 15.6 Å². The molecule has 1 fully saturated rings. The molecule has 0 saturated carbocycles. The minimum Gasteiger partial charge on any atom is -0.325 e. The fourth-order valence-electron chi connectivity index (χ4n) is 4.55. The topological polar surface area (TPSA) is 80.3 Å². The van der Waals surface area contributed by atoms with E-state index in [0.717, 1.165) is 31.7 Å². The highest BCUT2D eigenvalue weighted by molar-refractivity contribution is 6.24. The maximum Gasteiger partial charge on any atom is 0.336 e. The smallest absolute Gasteiger partial charge is 0.325 e. The Labute approximate surface area is 215 Å². The van der Waals surface area contributed by atoms with Crippen molar-refractivity contribution in [3.05, 3.63) is 89.7 Å². The first-order valence-electron chi connectivity index (χ1n) is 12.2. The summed E-state index contributed by atoms with van der Waals surface area (Å²) in [6.07, 6.45) is 0. The second-order valence-electron chi connectivity index (χ2n) is 9.30. The summed E-state index contributed by atoms with van der Waals surface area (Å²) in [6.45, 7) is 3.35. The number of urea groups is 1. The van der Waals surface area contributed by atoms with Gasteiger partial charge >= 0.3 is 6.03 Å². The van der Waals surface area contributed by atoms with E-state index in [1.165, 1.54) is 12.1 Å². The van der Waals surface area contributed by atoms with Crippen LogP contribution in [0, 0.1) is 5.82 Å². The van der Waals surface area contributed by atoms with Crippen molar-refractivity contribution in [1.29, 1.82) is 0 Å². The first-order chi connectivity index (χ1) is 17.9. The Balaban J connectivity index is 1.39. The average molecular weight is 501 g/mol. The van der Waals surface area contributed by atoms with E-state index in [0.29, 0.717) is 28.3 Å². The second kappa shape index (κ2) is 10.5. The van der Waals surface area contributed by atoms with Gasteiger partial charge in [0, 0.05) is 44.6 Å².